The number of rotatable bonds is 2. The van der Waals surface area contributed by atoms with Crippen molar-refractivity contribution in [2.45, 2.75) is 18.9 Å². The lowest BCUT2D eigenvalue weighted by molar-refractivity contribution is -0.0101. The van der Waals surface area contributed by atoms with Crippen molar-refractivity contribution in [2.75, 3.05) is 26.4 Å². The lowest BCUT2D eigenvalue weighted by Crippen LogP contribution is -2.24. The van der Waals surface area contributed by atoms with Crippen LogP contribution in [-0.4, -0.2) is 31.5 Å². The number of aliphatic hydroxyl groups excluding tert-OH is 1. The molecule has 2 aliphatic heterocycles. The minimum atomic E-state index is -0.622. The summed E-state index contributed by atoms with van der Waals surface area (Å²) in [6.45, 7) is 2.41. The van der Waals surface area contributed by atoms with Crippen molar-refractivity contribution < 1.29 is 19.3 Å². The summed E-state index contributed by atoms with van der Waals surface area (Å²) in [7, 11) is 0. The van der Waals surface area contributed by atoms with Crippen LogP contribution in [0.5, 0.6) is 11.5 Å². The summed E-state index contributed by atoms with van der Waals surface area (Å²) in [5.74, 6) is 1.39. The van der Waals surface area contributed by atoms with Crippen LogP contribution in [0, 0.1) is 5.92 Å². The number of hydrogen-bond donors (Lipinski definition) is 1. The first-order valence-electron chi connectivity index (χ1n) is 6.60. The summed E-state index contributed by atoms with van der Waals surface area (Å²) in [4.78, 5) is 0. The Morgan fingerprint density at radius 3 is 2.58 bits per heavy atom. The van der Waals surface area contributed by atoms with Gasteiger partial charge in [-0.3, -0.25) is 0 Å². The zero-order valence-corrected chi connectivity index (χ0v) is 11.4. The van der Waals surface area contributed by atoms with E-state index >= 15 is 0 Å². The first kappa shape index (κ1) is 13.0. The van der Waals surface area contributed by atoms with Gasteiger partial charge < -0.3 is 19.3 Å². The molecule has 19 heavy (non-hydrogen) atoms. The Labute approximate surface area is 117 Å². The first-order chi connectivity index (χ1) is 9.25. The zero-order valence-electron chi connectivity index (χ0n) is 10.6. The molecule has 3 rings (SSSR count). The topological polar surface area (TPSA) is 47.9 Å². The van der Waals surface area contributed by atoms with E-state index < -0.39 is 6.10 Å². The van der Waals surface area contributed by atoms with E-state index in [1.54, 1.807) is 12.1 Å². The fourth-order valence-electron chi connectivity index (χ4n) is 2.57. The Bertz CT molecular complexity index is 457. The molecule has 2 atom stereocenters. The molecule has 2 heterocycles. The van der Waals surface area contributed by atoms with E-state index in [1.807, 2.05) is 0 Å². The molecule has 0 spiro atoms. The van der Waals surface area contributed by atoms with Gasteiger partial charge in [0.05, 0.1) is 17.7 Å². The van der Waals surface area contributed by atoms with Gasteiger partial charge in [-0.25, -0.2) is 0 Å². The van der Waals surface area contributed by atoms with Crippen LogP contribution >= 0.6 is 11.6 Å². The molecule has 5 heteroatoms. The number of fused-ring (bicyclic) bond motifs is 1. The Balaban J connectivity index is 1.86. The largest absolute Gasteiger partial charge is 0.486 e. The maximum Gasteiger partial charge on any atom is 0.162 e. The lowest BCUT2D eigenvalue weighted by atomic mass is 9.91. The van der Waals surface area contributed by atoms with Gasteiger partial charge >= 0.3 is 0 Å². The fraction of sp³-hybridized carbons (Fsp3) is 0.571. The smallest absolute Gasteiger partial charge is 0.162 e. The molecular formula is C14H17ClO4. The molecule has 0 aliphatic carbocycles. The van der Waals surface area contributed by atoms with E-state index in [-0.39, 0.29) is 5.92 Å². The minimum absolute atomic E-state index is 0.0915. The standard InChI is InChI=1S/C14H17ClO4/c15-11-7-13-12(18-4-5-19-13)6-10(11)14(16)9-2-1-3-17-8-9/h6-7,9,14,16H,1-5,8H2. The summed E-state index contributed by atoms with van der Waals surface area (Å²) < 4.78 is 16.4. The summed E-state index contributed by atoms with van der Waals surface area (Å²) >= 11 is 6.24. The molecule has 0 aromatic heterocycles. The molecule has 0 radical (unpaired) electrons. The minimum Gasteiger partial charge on any atom is -0.486 e. The highest BCUT2D eigenvalue weighted by molar-refractivity contribution is 6.31. The van der Waals surface area contributed by atoms with E-state index in [1.165, 1.54) is 0 Å². The van der Waals surface area contributed by atoms with Crippen LogP contribution < -0.4 is 9.47 Å². The highest BCUT2D eigenvalue weighted by Crippen LogP contribution is 2.40. The van der Waals surface area contributed by atoms with Crippen LogP contribution in [0.2, 0.25) is 5.02 Å². The van der Waals surface area contributed by atoms with E-state index in [2.05, 4.69) is 0 Å². The van der Waals surface area contributed by atoms with E-state index in [9.17, 15) is 5.11 Å². The highest BCUT2D eigenvalue weighted by Gasteiger charge is 2.27. The Kier molecular flexibility index (Phi) is 3.82. The molecule has 1 saturated heterocycles. The molecule has 0 amide bonds. The average Bonchev–Trinajstić information content (AvgIpc) is 2.47. The molecular weight excluding hydrogens is 268 g/mol. The molecule has 104 valence electrons. The number of halogens is 1. The molecule has 1 N–H and O–H groups in total. The van der Waals surface area contributed by atoms with Gasteiger partial charge in [0, 0.05) is 24.2 Å². The molecule has 0 bridgehead atoms. The Hall–Kier alpha value is -0.970. The van der Waals surface area contributed by atoms with Gasteiger partial charge in [0.15, 0.2) is 11.5 Å². The molecule has 1 aromatic rings. The van der Waals surface area contributed by atoms with E-state index in [0.29, 0.717) is 41.9 Å². The lowest BCUT2D eigenvalue weighted by Gasteiger charge is -2.28. The molecule has 4 nitrogen and oxygen atoms in total. The second-order valence-corrected chi connectivity index (χ2v) is 5.35. The summed E-state index contributed by atoms with van der Waals surface area (Å²) in [5, 5.41) is 11.0. The normalized spacial score (nSPS) is 24.0. The maximum atomic E-state index is 10.5. The van der Waals surface area contributed by atoms with Crippen LogP contribution in [0.25, 0.3) is 0 Å². The van der Waals surface area contributed by atoms with E-state index in [4.69, 9.17) is 25.8 Å². The van der Waals surface area contributed by atoms with Crippen LogP contribution in [0.15, 0.2) is 12.1 Å². The van der Waals surface area contributed by atoms with Gasteiger partial charge in [-0.2, -0.15) is 0 Å². The summed E-state index contributed by atoms with van der Waals surface area (Å²) in [5.41, 5.74) is 0.696. The van der Waals surface area contributed by atoms with Crippen molar-refractivity contribution in [1.82, 2.24) is 0 Å². The van der Waals surface area contributed by atoms with Gasteiger partial charge in [0.25, 0.3) is 0 Å². The number of benzene rings is 1. The third-order valence-corrected chi connectivity index (χ3v) is 3.95. The van der Waals surface area contributed by atoms with Gasteiger partial charge in [0.1, 0.15) is 13.2 Å². The quantitative estimate of drug-likeness (QED) is 0.907. The van der Waals surface area contributed by atoms with Crippen molar-refractivity contribution in [3.8, 4) is 11.5 Å². The SMILES string of the molecule is OC(c1cc2c(cc1Cl)OCCO2)C1CCCOC1. The van der Waals surface area contributed by atoms with Crippen molar-refractivity contribution in [3.05, 3.63) is 22.7 Å². The van der Waals surface area contributed by atoms with Crippen molar-refractivity contribution >= 4 is 11.6 Å². The molecule has 1 aromatic carbocycles. The Morgan fingerprint density at radius 1 is 1.16 bits per heavy atom. The van der Waals surface area contributed by atoms with Crippen LogP contribution in [0.3, 0.4) is 0 Å². The predicted octanol–water partition coefficient (Wildman–Crippen LogP) is 2.57. The molecule has 2 unspecified atom stereocenters. The molecule has 0 saturated carbocycles. The van der Waals surface area contributed by atoms with Crippen molar-refractivity contribution in [1.29, 1.82) is 0 Å². The van der Waals surface area contributed by atoms with Crippen molar-refractivity contribution in [2.24, 2.45) is 5.92 Å². The number of ether oxygens (including phenoxy) is 3. The highest BCUT2D eigenvalue weighted by atomic mass is 35.5. The summed E-state index contributed by atoms with van der Waals surface area (Å²) in [6, 6.07) is 3.51. The second-order valence-electron chi connectivity index (χ2n) is 4.94. The van der Waals surface area contributed by atoms with Crippen LogP contribution in [0.4, 0.5) is 0 Å². The van der Waals surface area contributed by atoms with E-state index in [0.717, 1.165) is 19.4 Å². The second kappa shape index (κ2) is 5.57. The van der Waals surface area contributed by atoms with Gasteiger partial charge in [-0.05, 0) is 18.9 Å². The predicted molar refractivity (Wildman–Crippen MR) is 70.9 cm³/mol. The third kappa shape index (κ3) is 2.66. The molecule has 2 aliphatic rings. The van der Waals surface area contributed by atoms with Crippen molar-refractivity contribution in [3.63, 3.8) is 0 Å². The van der Waals surface area contributed by atoms with Crippen LogP contribution in [0.1, 0.15) is 24.5 Å². The number of hydrogen-bond acceptors (Lipinski definition) is 4. The Morgan fingerprint density at radius 2 is 1.89 bits per heavy atom. The summed E-state index contributed by atoms with van der Waals surface area (Å²) in [6.07, 6.45) is 1.30. The van der Waals surface area contributed by atoms with Crippen LogP contribution in [-0.2, 0) is 4.74 Å². The molecule has 1 fully saturated rings. The first-order valence-corrected chi connectivity index (χ1v) is 6.98. The monoisotopic (exact) mass is 284 g/mol. The fourth-order valence-corrected chi connectivity index (χ4v) is 2.84. The zero-order chi connectivity index (χ0) is 13.2. The number of aliphatic hydroxyl groups is 1. The average molecular weight is 285 g/mol. The third-order valence-electron chi connectivity index (χ3n) is 3.62. The van der Waals surface area contributed by atoms with Gasteiger partial charge in [-0.15, -0.1) is 0 Å². The van der Waals surface area contributed by atoms with Gasteiger partial charge in [0.2, 0.25) is 0 Å². The van der Waals surface area contributed by atoms with Gasteiger partial charge in [-0.1, -0.05) is 11.6 Å². The maximum absolute atomic E-state index is 10.5.